The van der Waals surface area contributed by atoms with Crippen LogP contribution >= 0.6 is 0 Å². The monoisotopic (exact) mass is 250 g/mol. The normalized spacial score (nSPS) is 12.5. The predicted octanol–water partition coefficient (Wildman–Crippen LogP) is 0.813. The van der Waals surface area contributed by atoms with Crippen LogP contribution < -0.4 is 20.5 Å². The van der Waals surface area contributed by atoms with Crippen molar-refractivity contribution in [3.63, 3.8) is 0 Å². The first kappa shape index (κ1) is 12.7. The SMILES string of the molecule is NCCCC(=O)NCCc1ccc2c(c1)OCO2. The molecule has 0 radical (unpaired) electrons. The van der Waals surface area contributed by atoms with Crippen molar-refractivity contribution in [2.24, 2.45) is 5.73 Å². The van der Waals surface area contributed by atoms with E-state index in [0.29, 0.717) is 19.5 Å². The van der Waals surface area contributed by atoms with E-state index in [2.05, 4.69) is 5.32 Å². The van der Waals surface area contributed by atoms with Gasteiger partial charge in [-0.2, -0.15) is 0 Å². The number of fused-ring (bicyclic) bond motifs is 1. The van der Waals surface area contributed by atoms with Crippen molar-refractivity contribution in [1.29, 1.82) is 0 Å². The maximum atomic E-state index is 11.4. The van der Waals surface area contributed by atoms with Gasteiger partial charge in [0.15, 0.2) is 11.5 Å². The van der Waals surface area contributed by atoms with Crippen LogP contribution in [-0.4, -0.2) is 25.8 Å². The van der Waals surface area contributed by atoms with Crippen LogP contribution in [0.2, 0.25) is 0 Å². The topological polar surface area (TPSA) is 73.6 Å². The fraction of sp³-hybridized carbons (Fsp3) is 0.462. The summed E-state index contributed by atoms with van der Waals surface area (Å²) in [6.07, 6.45) is 2.01. The van der Waals surface area contributed by atoms with E-state index < -0.39 is 0 Å². The Labute approximate surface area is 106 Å². The Hall–Kier alpha value is -1.75. The molecule has 0 saturated carbocycles. The Kier molecular flexibility index (Phi) is 4.41. The van der Waals surface area contributed by atoms with Crippen molar-refractivity contribution in [2.45, 2.75) is 19.3 Å². The summed E-state index contributed by atoms with van der Waals surface area (Å²) in [5.41, 5.74) is 6.47. The van der Waals surface area contributed by atoms with E-state index in [1.807, 2.05) is 18.2 Å². The number of nitrogens with two attached hydrogens (primary N) is 1. The Morgan fingerprint density at radius 2 is 2.17 bits per heavy atom. The number of rotatable bonds is 6. The molecule has 98 valence electrons. The van der Waals surface area contributed by atoms with Gasteiger partial charge in [-0.05, 0) is 37.1 Å². The van der Waals surface area contributed by atoms with Crippen LogP contribution in [-0.2, 0) is 11.2 Å². The predicted molar refractivity (Wildman–Crippen MR) is 67.6 cm³/mol. The zero-order valence-corrected chi connectivity index (χ0v) is 10.3. The molecule has 3 N–H and O–H groups in total. The highest BCUT2D eigenvalue weighted by Gasteiger charge is 2.12. The van der Waals surface area contributed by atoms with Crippen LogP contribution in [0.1, 0.15) is 18.4 Å². The second-order valence-electron chi connectivity index (χ2n) is 4.18. The zero-order chi connectivity index (χ0) is 12.8. The highest BCUT2D eigenvalue weighted by molar-refractivity contribution is 5.75. The van der Waals surface area contributed by atoms with E-state index in [1.165, 1.54) is 0 Å². The molecule has 18 heavy (non-hydrogen) atoms. The molecule has 5 heteroatoms. The summed E-state index contributed by atoms with van der Waals surface area (Å²) in [5, 5.41) is 2.87. The largest absolute Gasteiger partial charge is 0.454 e. The third-order valence-corrected chi connectivity index (χ3v) is 2.78. The third-order valence-electron chi connectivity index (χ3n) is 2.78. The maximum absolute atomic E-state index is 11.4. The lowest BCUT2D eigenvalue weighted by molar-refractivity contribution is -0.121. The lowest BCUT2D eigenvalue weighted by atomic mass is 10.1. The fourth-order valence-corrected chi connectivity index (χ4v) is 1.79. The minimum Gasteiger partial charge on any atom is -0.454 e. The number of carbonyl (C=O) groups excluding carboxylic acids is 1. The van der Waals surface area contributed by atoms with E-state index in [0.717, 1.165) is 29.9 Å². The van der Waals surface area contributed by atoms with Crippen LogP contribution in [0.4, 0.5) is 0 Å². The number of amides is 1. The molecule has 1 heterocycles. The molecule has 1 aromatic carbocycles. The second-order valence-corrected chi connectivity index (χ2v) is 4.18. The quantitative estimate of drug-likeness (QED) is 0.783. The molecule has 1 aromatic rings. The highest BCUT2D eigenvalue weighted by atomic mass is 16.7. The van der Waals surface area contributed by atoms with E-state index in [-0.39, 0.29) is 12.7 Å². The number of benzene rings is 1. The molecule has 0 aromatic heterocycles. The van der Waals surface area contributed by atoms with Crippen LogP contribution in [0, 0.1) is 0 Å². The summed E-state index contributed by atoms with van der Waals surface area (Å²) in [6, 6.07) is 5.84. The summed E-state index contributed by atoms with van der Waals surface area (Å²) in [4.78, 5) is 11.4. The lowest BCUT2D eigenvalue weighted by Gasteiger charge is -2.05. The van der Waals surface area contributed by atoms with E-state index in [4.69, 9.17) is 15.2 Å². The van der Waals surface area contributed by atoms with Gasteiger partial charge in [-0.1, -0.05) is 6.07 Å². The molecule has 1 amide bonds. The van der Waals surface area contributed by atoms with Gasteiger partial charge in [-0.3, -0.25) is 4.79 Å². The first-order valence-corrected chi connectivity index (χ1v) is 6.15. The van der Waals surface area contributed by atoms with E-state index >= 15 is 0 Å². The van der Waals surface area contributed by atoms with E-state index in [1.54, 1.807) is 0 Å². The molecule has 0 aliphatic carbocycles. The van der Waals surface area contributed by atoms with Gasteiger partial charge in [0.2, 0.25) is 12.7 Å². The summed E-state index contributed by atoms with van der Waals surface area (Å²) in [6.45, 7) is 1.47. The number of hydrogen-bond donors (Lipinski definition) is 2. The molecule has 1 aliphatic rings. The second kappa shape index (κ2) is 6.26. The molecule has 0 spiro atoms. The van der Waals surface area contributed by atoms with Gasteiger partial charge in [0.05, 0.1) is 0 Å². The van der Waals surface area contributed by atoms with Gasteiger partial charge in [-0.15, -0.1) is 0 Å². The molecule has 0 atom stereocenters. The molecule has 0 saturated heterocycles. The molecular weight excluding hydrogens is 232 g/mol. The van der Waals surface area contributed by atoms with Crippen molar-refractivity contribution in [3.8, 4) is 11.5 Å². The molecule has 1 aliphatic heterocycles. The number of nitrogens with one attached hydrogen (secondary N) is 1. The lowest BCUT2D eigenvalue weighted by Crippen LogP contribution is -2.25. The summed E-state index contributed by atoms with van der Waals surface area (Å²) >= 11 is 0. The standard InChI is InChI=1S/C13H18N2O3/c14-6-1-2-13(16)15-7-5-10-3-4-11-12(8-10)18-9-17-11/h3-4,8H,1-2,5-7,9,14H2,(H,15,16). The molecular formula is C13H18N2O3. The Balaban J connectivity index is 1.75. The Morgan fingerprint density at radius 3 is 3.00 bits per heavy atom. The fourth-order valence-electron chi connectivity index (χ4n) is 1.79. The number of ether oxygens (including phenoxy) is 2. The molecule has 0 bridgehead atoms. The van der Waals surface area contributed by atoms with Crippen molar-refractivity contribution in [2.75, 3.05) is 19.9 Å². The van der Waals surface area contributed by atoms with Gasteiger partial charge >= 0.3 is 0 Å². The van der Waals surface area contributed by atoms with E-state index in [9.17, 15) is 4.79 Å². The van der Waals surface area contributed by atoms with Crippen molar-refractivity contribution in [3.05, 3.63) is 23.8 Å². The average molecular weight is 250 g/mol. The molecule has 0 unspecified atom stereocenters. The third kappa shape index (κ3) is 3.37. The highest BCUT2D eigenvalue weighted by Crippen LogP contribution is 2.32. The van der Waals surface area contributed by atoms with Gasteiger partial charge < -0.3 is 20.5 Å². The van der Waals surface area contributed by atoms with Gasteiger partial charge in [0.25, 0.3) is 0 Å². The first-order valence-electron chi connectivity index (χ1n) is 6.15. The van der Waals surface area contributed by atoms with Gasteiger partial charge in [-0.25, -0.2) is 0 Å². The summed E-state index contributed by atoms with van der Waals surface area (Å²) in [5.74, 6) is 1.62. The van der Waals surface area contributed by atoms with Crippen LogP contribution in [0.3, 0.4) is 0 Å². The number of carbonyl (C=O) groups is 1. The number of hydrogen-bond acceptors (Lipinski definition) is 4. The van der Waals surface area contributed by atoms with Crippen molar-refractivity contribution >= 4 is 5.91 Å². The van der Waals surface area contributed by atoms with Crippen LogP contribution in [0.5, 0.6) is 11.5 Å². The Morgan fingerprint density at radius 1 is 1.33 bits per heavy atom. The molecule has 5 nitrogen and oxygen atoms in total. The molecule has 2 rings (SSSR count). The maximum Gasteiger partial charge on any atom is 0.231 e. The zero-order valence-electron chi connectivity index (χ0n) is 10.3. The van der Waals surface area contributed by atoms with Crippen molar-refractivity contribution in [1.82, 2.24) is 5.32 Å². The van der Waals surface area contributed by atoms with Crippen LogP contribution in [0.25, 0.3) is 0 Å². The minimum atomic E-state index is 0.0567. The average Bonchev–Trinajstić information content (AvgIpc) is 2.83. The Bertz CT molecular complexity index is 421. The minimum absolute atomic E-state index is 0.0567. The smallest absolute Gasteiger partial charge is 0.231 e. The summed E-state index contributed by atoms with van der Waals surface area (Å²) < 4.78 is 10.5. The van der Waals surface area contributed by atoms with Gasteiger partial charge in [0, 0.05) is 13.0 Å². The molecule has 0 fully saturated rings. The van der Waals surface area contributed by atoms with Crippen molar-refractivity contribution < 1.29 is 14.3 Å². The first-order chi connectivity index (χ1) is 8.79. The van der Waals surface area contributed by atoms with Crippen LogP contribution in [0.15, 0.2) is 18.2 Å². The summed E-state index contributed by atoms with van der Waals surface area (Å²) in [7, 11) is 0. The van der Waals surface area contributed by atoms with Gasteiger partial charge in [0.1, 0.15) is 0 Å².